The minimum absolute atomic E-state index is 0.229. The van der Waals surface area contributed by atoms with E-state index in [1.54, 1.807) is 17.4 Å². The number of alkyl halides is 1. The fourth-order valence-corrected chi connectivity index (χ4v) is 3.20. The predicted molar refractivity (Wildman–Crippen MR) is 95.8 cm³/mol. The highest BCUT2D eigenvalue weighted by Gasteiger charge is 2.25. The summed E-state index contributed by atoms with van der Waals surface area (Å²) in [5.74, 6) is -0.739. The van der Waals surface area contributed by atoms with Crippen LogP contribution in [-0.2, 0) is 20.8 Å². The fraction of sp³-hybridized carbons (Fsp3) is 0.353. The Bertz CT molecular complexity index is 708. The first-order valence-electron chi connectivity index (χ1n) is 7.56. The Morgan fingerprint density at radius 2 is 2.00 bits per heavy atom. The van der Waals surface area contributed by atoms with Gasteiger partial charge in [-0.15, -0.1) is 22.9 Å². The zero-order chi connectivity index (χ0) is 18.2. The standard InChI is InChI=1S/C17H19ClN2O4S/c1-23-9-8-20(10-14-19-13(11-25-14)17(22)24-2)16(21)15(18)12-6-4-3-5-7-12/h3-7,11,15H,8-10H2,1-2H3/t15-/m1/s1. The molecule has 0 N–H and O–H groups in total. The van der Waals surface area contributed by atoms with Gasteiger partial charge in [-0.1, -0.05) is 30.3 Å². The van der Waals surface area contributed by atoms with Crippen molar-refractivity contribution in [2.24, 2.45) is 0 Å². The van der Waals surface area contributed by atoms with Crippen molar-refractivity contribution in [1.82, 2.24) is 9.88 Å². The van der Waals surface area contributed by atoms with Crippen LogP contribution in [0.25, 0.3) is 0 Å². The number of methoxy groups -OCH3 is 2. The molecule has 0 radical (unpaired) electrons. The van der Waals surface area contributed by atoms with E-state index in [0.717, 1.165) is 5.56 Å². The first-order chi connectivity index (χ1) is 12.1. The molecule has 25 heavy (non-hydrogen) atoms. The molecule has 1 atom stereocenters. The summed E-state index contributed by atoms with van der Waals surface area (Å²) in [6.45, 7) is 0.998. The first kappa shape index (κ1) is 19.4. The van der Waals surface area contributed by atoms with Gasteiger partial charge in [-0.05, 0) is 5.56 Å². The van der Waals surface area contributed by atoms with Crippen molar-refractivity contribution >= 4 is 34.8 Å². The maximum atomic E-state index is 12.8. The maximum absolute atomic E-state index is 12.8. The van der Waals surface area contributed by atoms with Gasteiger partial charge in [0.1, 0.15) is 10.4 Å². The second-order valence-corrected chi connectivity index (χ2v) is 6.52. The summed E-state index contributed by atoms with van der Waals surface area (Å²) in [4.78, 5) is 30.1. The Balaban J connectivity index is 2.13. The number of esters is 1. The quantitative estimate of drug-likeness (QED) is 0.518. The summed E-state index contributed by atoms with van der Waals surface area (Å²) >= 11 is 7.64. The summed E-state index contributed by atoms with van der Waals surface area (Å²) in [6, 6.07) is 9.15. The molecule has 1 aromatic heterocycles. The molecule has 2 rings (SSSR count). The van der Waals surface area contributed by atoms with Gasteiger partial charge in [0.2, 0.25) is 5.91 Å². The van der Waals surface area contributed by atoms with Crippen LogP contribution < -0.4 is 0 Å². The third kappa shape index (κ3) is 5.26. The normalized spacial score (nSPS) is 11.8. The van der Waals surface area contributed by atoms with Crippen LogP contribution in [0.4, 0.5) is 0 Å². The zero-order valence-electron chi connectivity index (χ0n) is 14.0. The number of ether oxygens (including phenoxy) is 2. The van der Waals surface area contributed by atoms with E-state index >= 15 is 0 Å². The second-order valence-electron chi connectivity index (χ2n) is 5.14. The van der Waals surface area contributed by atoms with E-state index in [1.807, 2.05) is 30.3 Å². The van der Waals surface area contributed by atoms with Gasteiger partial charge in [0.25, 0.3) is 0 Å². The van der Waals surface area contributed by atoms with Crippen LogP contribution in [0.2, 0.25) is 0 Å². The van der Waals surface area contributed by atoms with Crippen LogP contribution in [0.1, 0.15) is 26.4 Å². The predicted octanol–water partition coefficient (Wildman–Crippen LogP) is 2.88. The largest absolute Gasteiger partial charge is 0.464 e. The molecular formula is C17H19ClN2O4S. The van der Waals surface area contributed by atoms with E-state index in [1.165, 1.54) is 18.4 Å². The van der Waals surface area contributed by atoms with Gasteiger partial charge in [0.05, 0.1) is 20.3 Å². The van der Waals surface area contributed by atoms with Crippen LogP contribution in [0, 0.1) is 0 Å². The second kappa shape index (κ2) is 9.50. The van der Waals surface area contributed by atoms with Gasteiger partial charge in [-0.3, -0.25) is 4.79 Å². The highest BCUT2D eigenvalue weighted by Crippen LogP contribution is 2.24. The van der Waals surface area contributed by atoms with Gasteiger partial charge in [0, 0.05) is 19.0 Å². The fourth-order valence-electron chi connectivity index (χ4n) is 2.14. The van der Waals surface area contributed by atoms with Crippen LogP contribution in [-0.4, -0.2) is 49.1 Å². The lowest BCUT2D eigenvalue weighted by Gasteiger charge is -2.24. The molecule has 134 valence electrons. The lowest BCUT2D eigenvalue weighted by Crippen LogP contribution is -2.35. The molecule has 0 saturated carbocycles. The lowest BCUT2D eigenvalue weighted by molar-refractivity contribution is -0.132. The molecule has 1 amide bonds. The highest BCUT2D eigenvalue weighted by atomic mass is 35.5. The SMILES string of the molecule is COCCN(Cc1nc(C(=O)OC)cs1)C(=O)[C@H](Cl)c1ccccc1. The lowest BCUT2D eigenvalue weighted by atomic mass is 10.1. The minimum atomic E-state index is -0.793. The molecule has 2 aromatic rings. The van der Waals surface area contributed by atoms with Crippen LogP contribution in [0.15, 0.2) is 35.7 Å². The molecule has 0 aliphatic carbocycles. The van der Waals surface area contributed by atoms with Gasteiger partial charge in [-0.25, -0.2) is 9.78 Å². The van der Waals surface area contributed by atoms with Crippen molar-refractivity contribution in [3.05, 3.63) is 52.0 Å². The van der Waals surface area contributed by atoms with Crippen molar-refractivity contribution in [1.29, 1.82) is 0 Å². The smallest absolute Gasteiger partial charge is 0.357 e. The van der Waals surface area contributed by atoms with Crippen LogP contribution in [0.5, 0.6) is 0 Å². The van der Waals surface area contributed by atoms with E-state index in [2.05, 4.69) is 9.72 Å². The van der Waals surface area contributed by atoms with Crippen LogP contribution in [0.3, 0.4) is 0 Å². The monoisotopic (exact) mass is 382 g/mol. The number of nitrogens with zero attached hydrogens (tertiary/aromatic N) is 2. The molecule has 0 aliphatic heterocycles. The summed E-state index contributed by atoms with van der Waals surface area (Å²) in [6.07, 6.45) is 0. The molecule has 1 heterocycles. The highest BCUT2D eigenvalue weighted by molar-refractivity contribution is 7.09. The molecule has 0 saturated heterocycles. The van der Waals surface area contributed by atoms with Crippen molar-refractivity contribution in [3.63, 3.8) is 0 Å². The molecule has 0 spiro atoms. The number of rotatable bonds is 8. The molecule has 1 aromatic carbocycles. The average molecular weight is 383 g/mol. The number of carbonyl (C=O) groups excluding carboxylic acids is 2. The average Bonchev–Trinajstić information content (AvgIpc) is 3.12. The first-order valence-corrected chi connectivity index (χ1v) is 8.88. The minimum Gasteiger partial charge on any atom is -0.464 e. The number of hydrogen-bond acceptors (Lipinski definition) is 6. The zero-order valence-corrected chi connectivity index (χ0v) is 15.5. The van der Waals surface area contributed by atoms with Gasteiger partial charge >= 0.3 is 5.97 Å². The number of carbonyl (C=O) groups is 2. The van der Waals surface area contributed by atoms with Crippen LogP contribution >= 0.6 is 22.9 Å². The summed E-state index contributed by atoms with van der Waals surface area (Å²) in [7, 11) is 2.87. The van der Waals surface area contributed by atoms with Gasteiger partial charge in [0.15, 0.2) is 5.69 Å². The molecule has 0 fully saturated rings. The molecule has 0 unspecified atom stereocenters. The van der Waals surface area contributed by atoms with Crippen molar-refractivity contribution < 1.29 is 19.1 Å². The Morgan fingerprint density at radius 3 is 2.64 bits per heavy atom. The number of hydrogen-bond donors (Lipinski definition) is 0. The molecule has 0 bridgehead atoms. The molecule has 8 heteroatoms. The topological polar surface area (TPSA) is 68.7 Å². The molecule has 6 nitrogen and oxygen atoms in total. The summed E-state index contributed by atoms with van der Waals surface area (Å²) in [5.41, 5.74) is 0.957. The van der Waals surface area contributed by atoms with Gasteiger partial charge in [-0.2, -0.15) is 0 Å². The van der Waals surface area contributed by atoms with E-state index in [9.17, 15) is 9.59 Å². The molecule has 0 aliphatic rings. The number of thiazole rings is 1. The third-order valence-electron chi connectivity index (χ3n) is 3.46. The van der Waals surface area contributed by atoms with Crippen molar-refractivity contribution in [2.75, 3.05) is 27.4 Å². The third-order valence-corrected chi connectivity index (χ3v) is 4.73. The maximum Gasteiger partial charge on any atom is 0.357 e. The molecular weight excluding hydrogens is 364 g/mol. The van der Waals surface area contributed by atoms with E-state index in [-0.39, 0.29) is 18.1 Å². The van der Waals surface area contributed by atoms with E-state index in [4.69, 9.17) is 16.3 Å². The number of halogens is 1. The number of benzene rings is 1. The summed E-state index contributed by atoms with van der Waals surface area (Å²) in [5, 5.41) is 1.44. The number of aromatic nitrogens is 1. The summed E-state index contributed by atoms with van der Waals surface area (Å²) < 4.78 is 9.72. The Morgan fingerprint density at radius 1 is 1.28 bits per heavy atom. The van der Waals surface area contributed by atoms with E-state index in [0.29, 0.717) is 18.2 Å². The number of amides is 1. The Labute approximate surface area is 155 Å². The van der Waals surface area contributed by atoms with Crippen molar-refractivity contribution in [3.8, 4) is 0 Å². The Kier molecular flexibility index (Phi) is 7.36. The van der Waals surface area contributed by atoms with Gasteiger partial charge < -0.3 is 14.4 Å². The van der Waals surface area contributed by atoms with Crippen molar-refractivity contribution in [2.45, 2.75) is 11.9 Å². The Hall–Kier alpha value is -1.96. The van der Waals surface area contributed by atoms with E-state index < -0.39 is 11.3 Å².